The minimum atomic E-state index is -4.52. The summed E-state index contributed by atoms with van der Waals surface area (Å²) in [4.78, 5) is 50.6. The second kappa shape index (κ2) is 47.3. The second-order valence-corrected chi connectivity index (χ2v) is 33.5. The van der Waals surface area contributed by atoms with E-state index in [4.69, 9.17) is 46.1 Å². The van der Waals surface area contributed by atoms with E-state index in [2.05, 4.69) is 165 Å². The van der Waals surface area contributed by atoms with Gasteiger partial charge in [0.15, 0.2) is 23.0 Å². The fourth-order valence-electron chi connectivity index (χ4n) is 15.9. The van der Waals surface area contributed by atoms with Gasteiger partial charge in [-0.3, -0.25) is 34.6 Å². The van der Waals surface area contributed by atoms with Crippen molar-refractivity contribution in [1.82, 2.24) is 101 Å². The van der Waals surface area contributed by atoms with Crippen molar-refractivity contribution in [1.29, 1.82) is 0 Å². The maximum absolute atomic E-state index is 13.6. The average Bonchev–Trinajstić information content (AvgIpc) is 0.993. The molecule has 0 saturated heterocycles. The lowest BCUT2D eigenvalue weighted by molar-refractivity contribution is -0.137. The lowest BCUT2D eigenvalue weighted by Gasteiger charge is -2.21. The molecule has 0 amide bonds. The van der Waals surface area contributed by atoms with Gasteiger partial charge in [0.2, 0.25) is 40.8 Å². The van der Waals surface area contributed by atoms with E-state index in [1.807, 2.05) is 136 Å². The Labute approximate surface area is 811 Å². The SMILES string of the molecule is CC(C)Cc1ccc(C(C)c2nc(-c3ccncc3)no2)cc1.CCOc1ccc(-c2nc(-c3cncc(C)c3)no2)cc1OCC.CCn1nc(C)cc1-c1nc(-c2ccncc2)no1.COc1ccc(-c2nc(-c3ccncc3)no2)cc1OC1CCCC1.FC(F)(F)c1cc(-c2nc(-c3ccncc3)no2)ccc1-c1ccccc1.c1cc(-c2noc(-c3ccc(C4CCCCC4)cc3)n2)ccn1. The van der Waals surface area contributed by atoms with Crippen LogP contribution in [0.2, 0.25) is 0 Å². The number of aromatic nitrogens is 20. The van der Waals surface area contributed by atoms with Crippen LogP contribution >= 0.6 is 0 Å². The van der Waals surface area contributed by atoms with E-state index in [-0.39, 0.29) is 34.9 Å². The van der Waals surface area contributed by atoms with Crippen LogP contribution in [0.5, 0.6) is 23.0 Å². The van der Waals surface area contributed by atoms with Crippen molar-refractivity contribution < 1.29 is 59.3 Å². The molecule has 13 aromatic heterocycles. The number of hydrogen-bond acceptors (Lipinski definition) is 29. The largest absolute Gasteiger partial charge is 0.493 e. The highest BCUT2D eigenvalue weighted by atomic mass is 19.4. The van der Waals surface area contributed by atoms with Crippen LogP contribution in [0.25, 0.3) is 137 Å². The molecule has 141 heavy (non-hydrogen) atoms. The number of methoxy groups -OCH3 is 1. The topological polar surface area (TPSA) is 366 Å². The van der Waals surface area contributed by atoms with Gasteiger partial charge in [-0.2, -0.15) is 48.2 Å². The first-order valence-electron chi connectivity index (χ1n) is 46.6. The van der Waals surface area contributed by atoms with Crippen molar-refractivity contribution in [3.63, 3.8) is 0 Å². The number of pyridine rings is 6. The summed E-state index contributed by atoms with van der Waals surface area (Å²) in [6.07, 6.45) is 28.5. The monoisotopic (exact) mass is 1900 g/mol. The van der Waals surface area contributed by atoms with Crippen LogP contribution in [0.1, 0.15) is 151 Å². The Hall–Kier alpha value is -16.7. The van der Waals surface area contributed by atoms with Crippen LogP contribution in [0.4, 0.5) is 13.2 Å². The molecule has 13 heterocycles. The first-order valence-corrected chi connectivity index (χ1v) is 46.6. The molecule has 30 nitrogen and oxygen atoms in total. The number of alkyl halides is 3. The number of hydrogen-bond donors (Lipinski definition) is 0. The van der Waals surface area contributed by atoms with Gasteiger partial charge in [-0.05, 0) is 265 Å². The zero-order valence-electron chi connectivity index (χ0n) is 79.2. The Bertz CT molecular complexity index is 7120. The molecule has 19 aromatic rings. The maximum Gasteiger partial charge on any atom is 0.417 e. The fourth-order valence-corrected chi connectivity index (χ4v) is 15.9. The summed E-state index contributed by atoms with van der Waals surface area (Å²) in [5, 5.41) is 28.4. The Kier molecular flexibility index (Phi) is 32.7. The predicted molar refractivity (Wildman–Crippen MR) is 524 cm³/mol. The van der Waals surface area contributed by atoms with Crippen LogP contribution in [0, 0.1) is 19.8 Å². The molecule has 1 atom stereocenters. The molecule has 21 rings (SSSR count). The molecule has 716 valence electrons. The van der Waals surface area contributed by atoms with Gasteiger partial charge in [0.05, 0.1) is 43.6 Å². The smallest absolute Gasteiger partial charge is 0.417 e. The van der Waals surface area contributed by atoms with E-state index >= 15 is 0 Å². The summed E-state index contributed by atoms with van der Waals surface area (Å²) in [5.74, 6) is 9.90. The molecule has 0 spiro atoms. The van der Waals surface area contributed by atoms with Crippen molar-refractivity contribution in [3.8, 4) is 160 Å². The minimum Gasteiger partial charge on any atom is -0.493 e. The molecular formula is C108H103F3N20O10. The average molecular weight is 1900 g/mol. The summed E-state index contributed by atoms with van der Waals surface area (Å²) >= 11 is 0. The fraction of sp³-hybridized carbons (Fsp3) is 0.250. The third-order valence-electron chi connectivity index (χ3n) is 23.0. The van der Waals surface area contributed by atoms with Gasteiger partial charge in [-0.25, -0.2) is 0 Å². The first-order chi connectivity index (χ1) is 68.9. The molecule has 6 aromatic carbocycles. The Morgan fingerprint density at radius 1 is 0.390 bits per heavy atom. The van der Waals surface area contributed by atoms with Crippen molar-refractivity contribution >= 4 is 0 Å². The quantitative estimate of drug-likeness (QED) is 0.0513. The molecule has 0 bridgehead atoms. The second-order valence-electron chi connectivity index (χ2n) is 33.5. The number of nitrogens with zero attached hydrogens (tertiary/aromatic N) is 20. The molecule has 2 aliphatic rings. The summed E-state index contributed by atoms with van der Waals surface area (Å²) in [7, 11) is 1.64. The highest BCUT2D eigenvalue weighted by Gasteiger charge is 2.35. The van der Waals surface area contributed by atoms with Crippen molar-refractivity contribution in [3.05, 3.63) is 320 Å². The lowest BCUT2D eigenvalue weighted by Crippen LogP contribution is -2.11. The first kappa shape index (κ1) is 97.3. The van der Waals surface area contributed by atoms with Gasteiger partial charge in [-0.15, -0.1) is 0 Å². The summed E-state index contributed by atoms with van der Waals surface area (Å²) in [6.45, 7) is 18.2. The molecular weight excluding hydrogens is 1790 g/mol. The van der Waals surface area contributed by atoms with Crippen LogP contribution < -0.4 is 18.9 Å². The molecule has 0 N–H and O–H groups in total. The van der Waals surface area contributed by atoms with Crippen molar-refractivity contribution in [2.45, 2.75) is 150 Å². The van der Waals surface area contributed by atoms with Gasteiger partial charge in [0, 0.05) is 137 Å². The molecule has 33 heteroatoms. The molecule has 0 radical (unpaired) electrons. The van der Waals surface area contributed by atoms with Crippen molar-refractivity contribution in [2.75, 3.05) is 20.3 Å². The number of rotatable bonds is 25. The highest BCUT2D eigenvalue weighted by Crippen LogP contribution is 2.42. The number of benzene rings is 6. The molecule has 0 aliphatic heterocycles. The van der Waals surface area contributed by atoms with Crippen LogP contribution in [0.15, 0.2) is 308 Å². The number of aryl methyl sites for hydroxylation is 3. The van der Waals surface area contributed by atoms with Crippen LogP contribution in [0.3, 0.4) is 0 Å². The normalized spacial score (nSPS) is 12.7. The number of halogens is 3. The number of ether oxygens (including phenoxy) is 4. The van der Waals surface area contributed by atoms with E-state index < -0.39 is 11.7 Å². The Balaban J connectivity index is 0.000000122. The Morgan fingerprint density at radius 3 is 1.32 bits per heavy atom. The minimum absolute atomic E-state index is 0.0203. The van der Waals surface area contributed by atoms with E-state index in [1.165, 1.54) is 67.7 Å². The van der Waals surface area contributed by atoms with Gasteiger partial charge in [0.25, 0.3) is 29.5 Å². The van der Waals surface area contributed by atoms with Gasteiger partial charge in [-0.1, -0.05) is 137 Å². The summed E-state index contributed by atoms with van der Waals surface area (Å²) in [6, 6.07) is 63.1. The van der Waals surface area contributed by atoms with E-state index in [9.17, 15) is 13.2 Å². The van der Waals surface area contributed by atoms with Crippen LogP contribution in [-0.2, 0) is 19.1 Å². The zero-order chi connectivity index (χ0) is 97.8. The third kappa shape index (κ3) is 25.8. The van der Waals surface area contributed by atoms with Crippen LogP contribution in [-0.4, -0.2) is 127 Å². The maximum atomic E-state index is 13.6. The third-order valence-corrected chi connectivity index (χ3v) is 23.0. The van der Waals surface area contributed by atoms with Gasteiger partial charge in [0.1, 0.15) is 5.69 Å². The van der Waals surface area contributed by atoms with E-state index in [1.54, 1.807) is 130 Å². The summed E-state index contributed by atoms with van der Waals surface area (Å²) < 4.78 is 97.6. The van der Waals surface area contributed by atoms with E-state index in [0.29, 0.717) is 112 Å². The Morgan fingerprint density at radius 2 is 0.830 bits per heavy atom. The van der Waals surface area contributed by atoms with E-state index in [0.717, 1.165) is 99.1 Å². The molecule has 1 unspecified atom stereocenters. The molecule has 2 aliphatic carbocycles. The standard InChI is InChI=1S/C20H12F3N3O.C19H19N3O3.C19H19N3O.C19H21N3O.C18H19N3O3.C13H13N5O/c21-20(22,23)17-12-15(6-7-16(17)13-4-2-1-3-5-13)19-25-18(26-27-19)14-8-10-24-11-9-14;1-23-16-7-6-14(12-17(16)24-15-4-2-3-5-15)19-21-18(22-25-19)13-8-10-20-11-9-13;1-2-4-14(5-3-1)15-6-8-17(9-7-15)19-21-18(22-23-19)16-10-12-20-13-11-16;1-13(2)12-15-4-6-16(7-5-15)14(3)19-21-18(22-23-19)17-8-10-20-11-9-17;1-4-22-15-7-6-13(9-16(15)23-5-2)18-20-17(21-24-18)14-8-12(3)10-19-11-14;1-3-18-11(8-9(2)16-18)13-15-12(17-19-13)10-4-6-14-7-5-10/h1-12H;6-12,15H,2-5H2,1H3;6-14H,1-5H2;4-11,13-14H,12H2,1-3H3;6-11H,4-5H2,1-3H3;4-8H,3H2,1-2H3. The molecule has 2 saturated carbocycles. The van der Waals surface area contributed by atoms with Gasteiger partial charge >= 0.3 is 6.18 Å². The zero-order valence-corrected chi connectivity index (χ0v) is 79.2. The summed E-state index contributed by atoms with van der Waals surface area (Å²) in [5.41, 5.74) is 14.4. The predicted octanol–water partition coefficient (Wildman–Crippen LogP) is 25.2. The lowest BCUT2D eigenvalue weighted by atomic mass is 9.84. The highest BCUT2D eigenvalue weighted by molar-refractivity contribution is 5.73. The van der Waals surface area contributed by atoms with Gasteiger partial charge < -0.3 is 46.1 Å². The molecule has 2 fully saturated rings. The van der Waals surface area contributed by atoms with Crippen molar-refractivity contribution in [2.24, 2.45) is 5.92 Å².